The monoisotopic (exact) mass is 498 g/mol. The van der Waals surface area contributed by atoms with Crippen LogP contribution in [-0.2, 0) is 20.8 Å². The van der Waals surface area contributed by atoms with E-state index < -0.39 is 11.9 Å². The highest BCUT2D eigenvalue weighted by Crippen LogP contribution is 2.24. The molecule has 10 heteroatoms. The zero-order valence-electron chi connectivity index (χ0n) is 20.6. The fourth-order valence-corrected chi connectivity index (χ4v) is 4.77. The number of piperidine rings is 1. The summed E-state index contributed by atoms with van der Waals surface area (Å²) in [4.78, 5) is 63.3. The second-order valence-corrected chi connectivity index (χ2v) is 9.19. The van der Waals surface area contributed by atoms with E-state index in [4.69, 9.17) is 0 Å². The third-order valence-corrected chi connectivity index (χ3v) is 6.64. The van der Waals surface area contributed by atoms with Gasteiger partial charge in [0.25, 0.3) is 5.56 Å². The molecular formula is C27H26N6O4. The topological polar surface area (TPSA) is 136 Å². The lowest BCUT2D eigenvalue weighted by atomic mass is 10.0. The molecule has 188 valence electrons. The minimum atomic E-state index is -0.802. The summed E-state index contributed by atoms with van der Waals surface area (Å²) in [6.07, 6.45) is 3.71. The molecule has 3 aromatic heterocycles. The first-order chi connectivity index (χ1) is 17.8. The van der Waals surface area contributed by atoms with Crippen LogP contribution in [0.15, 0.2) is 47.4 Å². The Kier molecular flexibility index (Phi) is 6.47. The number of hydrogen-bond donors (Lipinski definition) is 2. The number of carbonyl (C=O) groups is 3. The van der Waals surface area contributed by atoms with Gasteiger partial charge >= 0.3 is 0 Å². The lowest BCUT2D eigenvalue weighted by molar-refractivity contribution is -0.135. The maximum atomic E-state index is 13.3. The Morgan fingerprint density at radius 2 is 1.97 bits per heavy atom. The van der Waals surface area contributed by atoms with Gasteiger partial charge in [-0.05, 0) is 69.0 Å². The molecule has 10 nitrogen and oxygen atoms in total. The fraction of sp³-hybridized carbons (Fsp3) is 0.296. The van der Waals surface area contributed by atoms with E-state index in [1.165, 1.54) is 4.57 Å². The first-order valence-corrected chi connectivity index (χ1v) is 12.2. The van der Waals surface area contributed by atoms with E-state index in [9.17, 15) is 19.2 Å². The third-order valence-electron chi connectivity index (χ3n) is 6.64. The Bertz CT molecular complexity index is 1630. The van der Waals surface area contributed by atoms with Crippen molar-refractivity contribution in [3.63, 3.8) is 0 Å². The van der Waals surface area contributed by atoms with E-state index in [2.05, 4.69) is 31.7 Å². The molecule has 4 aromatic rings. The van der Waals surface area contributed by atoms with Gasteiger partial charge in [-0.1, -0.05) is 6.07 Å². The van der Waals surface area contributed by atoms with Gasteiger partial charge in [0, 0.05) is 30.1 Å². The molecule has 37 heavy (non-hydrogen) atoms. The third kappa shape index (κ3) is 4.82. The molecule has 0 bridgehead atoms. The Balaban J connectivity index is 1.32. The first-order valence-electron chi connectivity index (χ1n) is 12.2. The Hall–Kier alpha value is -4.47. The molecule has 0 spiro atoms. The van der Waals surface area contributed by atoms with Crippen LogP contribution >= 0.6 is 0 Å². The predicted octanol–water partition coefficient (Wildman–Crippen LogP) is 2.90. The lowest BCUT2D eigenvalue weighted by Gasteiger charge is -2.24. The van der Waals surface area contributed by atoms with Gasteiger partial charge in [-0.15, -0.1) is 0 Å². The molecule has 1 fully saturated rings. The number of para-hydroxylation sites is 1. The van der Waals surface area contributed by atoms with Gasteiger partial charge in [0.1, 0.15) is 17.4 Å². The Labute approximate surface area is 212 Å². The number of imide groups is 1. The zero-order valence-corrected chi connectivity index (χ0v) is 20.6. The number of aromatic nitrogens is 4. The summed E-state index contributed by atoms with van der Waals surface area (Å²) in [6, 6.07) is 10.1. The van der Waals surface area contributed by atoms with Crippen LogP contribution < -0.4 is 16.2 Å². The molecule has 0 saturated carbocycles. The van der Waals surface area contributed by atoms with Crippen LogP contribution in [0, 0.1) is 13.8 Å². The maximum Gasteiger partial charge on any atom is 0.262 e. The number of aryl methyl sites for hydroxylation is 3. The normalized spacial score (nSPS) is 15.7. The summed E-state index contributed by atoms with van der Waals surface area (Å²) < 4.78 is 1.32. The molecule has 5 rings (SSSR count). The number of anilines is 1. The van der Waals surface area contributed by atoms with Gasteiger partial charge < -0.3 is 5.32 Å². The van der Waals surface area contributed by atoms with Gasteiger partial charge in [-0.2, -0.15) is 0 Å². The largest absolute Gasteiger partial charge is 0.324 e. The van der Waals surface area contributed by atoms with Crippen molar-refractivity contribution in [2.24, 2.45) is 0 Å². The quantitative estimate of drug-likeness (QED) is 0.390. The number of amides is 3. The molecule has 4 heterocycles. The van der Waals surface area contributed by atoms with Crippen LogP contribution in [0.25, 0.3) is 21.9 Å². The second kappa shape index (κ2) is 9.88. The van der Waals surface area contributed by atoms with Crippen LogP contribution in [0.2, 0.25) is 0 Å². The first kappa shape index (κ1) is 24.2. The van der Waals surface area contributed by atoms with Crippen molar-refractivity contribution in [1.29, 1.82) is 0 Å². The second-order valence-electron chi connectivity index (χ2n) is 9.19. The molecule has 3 amide bonds. The molecule has 1 saturated heterocycles. The molecule has 0 radical (unpaired) electrons. The van der Waals surface area contributed by atoms with Gasteiger partial charge in [-0.25, -0.2) is 15.0 Å². The summed E-state index contributed by atoms with van der Waals surface area (Å²) in [6.45, 7) is 3.58. The van der Waals surface area contributed by atoms with Crippen LogP contribution in [-0.4, -0.2) is 37.2 Å². The van der Waals surface area contributed by atoms with E-state index in [1.807, 2.05) is 19.1 Å². The van der Waals surface area contributed by atoms with E-state index >= 15 is 0 Å². The molecule has 1 atom stereocenters. The summed E-state index contributed by atoms with van der Waals surface area (Å²) in [7, 11) is 0. The van der Waals surface area contributed by atoms with Crippen LogP contribution in [0.4, 0.5) is 5.69 Å². The van der Waals surface area contributed by atoms with Crippen molar-refractivity contribution in [3.05, 3.63) is 70.0 Å². The number of pyridine rings is 2. The molecule has 1 aliphatic rings. The standard InChI is InChI=1S/C27H26N6O4/c1-15-17(14-18-7-5-13-28-25(18)29-15)6-3-10-22(34)31-20-9-4-8-19-24(20)30-16(2)33(27(19)37)21-11-12-23(35)32-26(21)36/h4-5,7-9,13-14,21H,3,6,10-12H2,1-2H3,(H,31,34)(H,32,35,36). The highest BCUT2D eigenvalue weighted by atomic mass is 16.2. The molecule has 1 aromatic carbocycles. The van der Waals surface area contributed by atoms with Gasteiger partial charge in [0.05, 0.1) is 11.1 Å². The Morgan fingerprint density at radius 1 is 1.14 bits per heavy atom. The maximum absolute atomic E-state index is 13.3. The van der Waals surface area contributed by atoms with E-state index in [0.29, 0.717) is 40.9 Å². The number of carbonyl (C=O) groups excluding carboxylic acids is 3. The number of benzene rings is 1. The average Bonchev–Trinajstić information content (AvgIpc) is 2.86. The number of fused-ring (bicyclic) bond motifs is 2. The van der Waals surface area contributed by atoms with Crippen LogP contribution in [0.1, 0.15) is 48.8 Å². The highest BCUT2D eigenvalue weighted by Gasteiger charge is 2.30. The van der Waals surface area contributed by atoms with Gasteiger partial charge in [0.2, 0.25) is 17.7 Å². The van der Waals surface area contributed by atoms with Crippen molar-refractivity contribution in [3.8, 4) is 0 Å². The van der Waals surface area contributed by atoms with E-state index in [1.54, 1.807) is 31.3 Å². The molecule has 1 unspecified atom stereocenters. The van der Waals surface area contributed by atoms with Gasteiger partial charge in [0.15, 0.2) is 5.65 Å². The highest BCUT2D eigenvalue weighted by molar-refractivity contribution is 6.01. The summed E-state index contributed by atoms with van der Waals surface area (Å²) in [5.41, 5.74) is 3.09. The van der Waals surface area contributed by atoms with Crippen molar-refractivity contribution >= 4 is 45.3 Å². The fourth-order valence-electron chi connectivity index (χ4n) is 4.77. The van der Waals surface area contributed by atoms with E-state index in [0.717, 1.165) is 16.6 Å². The number of hydrogen-bond acceptors (Lipinski definition) is 7. The SMILES string of the molecule is Cc1nc2ncccc2cc1CCCC(=O)Nc1cccc2c(=O)n(C3CCC(=O)NC3=O)c(C)nc12. The summed E-state index contributed by atoms with van der Waals surface area (Å²) >= 11 is 0. The summed E-state index contributed by atoms with van der Waals surface area (Å²) in [5.74, 6) is -0.716. The van der Waals surface area contributed by atoms with Crippen molar-refractivity contribution in [2.75, 3.05) is 5.32 Å². The molecule has 1 aliphatic heterocycles. The molecule has 2 N–H and O–H groups in total. The minimum absolute atomic E-state index is 0.155. The predicted molar refractivity (Wildman–Crippen MR) is 138 cm³/mol. The number of nitrogens with one attached hydrogen (secondary N) is 2. The Morgan fingerprint density at radius 3 is 2.78 bits per heavy atom. The number of nitrogens with zero attached hydrogens (tertiary/aromatic N) is 4. The number of rotatable bonds is 6. The lowest BCUT2D eigenvalue weighted by Crippen LogP contribution is -2.45. The smallest absolute Gasteiger partial charge is 0.262 e. The van der Waals surface area contributed by atoms with Crippen molar-refractivity contribution in [1.82, 2.24) is 24.8 Å². The molecular weight excluding hydrogens is 472 g/mol. The van der Waals surface area contributed by atoms with Crippen LogP contribution in [0.3, 0.4) is 0 Å². The minimum Gasteiger partial charge on any atom is -0.324 e. The average molecular weight is 499 g/mol. The van der Waals surface area contributed by atoms with Crippen LogP contribution in [0.5, 0.6) is 0 Å². The van der Waals surface area contributed by atoms with Gasteiger partial charge in [-0.3, -0.25) is 29.1 Å². The zero-order chi connectivity index (χ0) is 26.1. The molecule has 0 aliphatic carbocycles. The van der Waals surface area contributed by atoms with Crippen molar-refractivity contribution in [2.45, 2.75) is 52.0 Å². The van der Waals surface area contributed by atoms with Crippen molar-refractivity contribution < 1.29 is 14.4 Å². The van der Waals surface area contributed by atoms with E-state index in [-0.39, 0.29) is 36.6 Å². The summed E-state index contributed by atoms with van der Waals surface area (Å²) in [5, 5.41) is 6.42.